The van der Waals surface area contributed by atoms with Crippen molar-refractivity contribution >= 4 is 17.5 Å². The fourth-order valence-electron chi connectivity index (χ4n) is 1.66. The molecule has 80 valence electrons. The fourth-order valence-corrected chi connectivity index (χ4v) is 2.50. The van der Waals surface area contributed by atoms with Crippen molar-refractivity contribution in [2.75, 3.05) is 18.1 Å². The molecule has 1 fully saturated rings. The Hall–Kier alpha value is -0.800. The van der Waals surface area contributed by atoms with E-state index in [9.17, 15) is 4.79 Å². The van der Waals surface area contributed by atoms with Gasteiger partial charge >= 0.3 is 0 Å². The number of aryl methyl sites for hydroxylation is 1. The summed E-state index contributed by atoms with van der Waals surface area (Å²) in [6.07, 6.45) is -0.246. The number of ether oxygens (including phenoxy) is 1. The Kier molecular flexibility index (Phi) is 3.44. The van der Waals surface area contributed by atoms with Gasteiger partial charge in [-0.15, -0.1) is 0 Å². The maximum atomic E-state index is 12.1. The molecule has 0 spiro atoms. The predicted molar refractivity (Wildman–Crippen MR) is 62.6 cm³/mol. The van der Waals surface area contributed by atoms with Crippen LogP contribution in [0.5, 0.6) is 0 Å². The number of carbonyl (C=O) groups excluding carboxylic acids is 1. The number of hydrogen-bond donors (Lipinski definition) is 0. The lowest BCUT2D eigenvalue weighted by atomic mass is 10.0. The molecular weight excluding hydrogens is 208 g/mol. The van der Waals surface area contributed by atoms with Crippen LogP contribution in [0.2, 0.25) is 0 Å². The van der Waals surface area contributed by atoms with E-state index >= 15 is 0 Å². The molecule has 1 heterocycles. The molecule has 0 saturated carbocycles. The summed E-state index contributed by atoms with van der Waals surface area (Å²) in [5.74, 6) is 1.91. The van der Waals surface area contributed by atoms with Gasteiger partial charge in [0.1, 0.15) is 6.10 Å². The van der Waals surface area contributed by atoms with Gasteiger partial charge in [-0.1, -0.05) is 24.3 Å². The number of Topliss-reactive ketones (excluding diaryl/α,β-unsaturated/α-hetero) is 1. The lowest BCUT2D eigenvalue weighted by Gasteiger charge is -2.21. The fraction of sp³-hybridized carbons (Fsp3) is 0.417. The van der Waals surface area contributed by atoms with Crippen LogP contribution < -0.4 is 0 Å². The monoisotopic (exact) mass is 222 g/mol. The smallest absolute Gasteiger partial charge is 0.192 e. The molecule has 2 nitrogen and oxygen atoms in total. The van der Waals surface area contributed by atoms with Crippen molar-refractivity contribution in [2.24, 2.45) is 0 Å². The van der Waals surface area contributed by atoms with Crippen molar-refractivity contribution in [1.29, 1.82) is 0 Å². The Balaban J connectivity index is 2.16. The van der Waals surface area contributed by atoms with Crippen LogP contribution in [0.25, 0.3) is 0 Å². The summed E-state index contributed by atoms with van der Waals surface area (Å²) in [5, 5.41) is 0. The molecule has 0 bridgehead atoms. The van der Waals surface area contributed by atoms with E-state index in [1.54, 1.807) is 11.8 Å². The van der Waals surface area contributed by atoms with Gasteiger partial charge in [-0.2, -0.15) is 11.8 Å². The lowest BCUT2D eigenvalue weighted by Crippen LogP contribution is -2.31. The van der Waals surface area contributed by atoms with Crippen molar-refractivity contribution in [2.45, 2.75) is 13.0 Å². The molecule has 0 aromatic heterocycles. The van der Waals surface area contributed by atoms with Crippen LogP contribution in [0.1, 0.15) is 15.9 Å². The molecule has 1 aliphatic heterocycles. The van der Waals surface area contributed by atoms with Crippen LogP contribution in [0.3, 0.4) is 0 Å². The summed E-state index contributed by atoms with van der Waals surface area (Å²) in [7, 11) is 0. The van der Waals surface area contributed by atoms with E-state index in [0.29, 0.717) is 6.61 Å². The van der Waals surface area contributed by atoms with E-state index in [2.05, 4.69) is 0 Å². The molecule has 0 radical (unpaired) electrons. The number of carbonyl (C=O) groups is 1. The topological polar surface area (TPSA) is 26.3 Å². The molecule has 1 aliphatic rings. The molecule has 0 amide bonds. The van der Waals surface area contributed by atoms with E-state index < -0.39 is 0 Å². The largest absolute Gasteiger partial charge is 0.368 e. The summed E-state index contributed by atoms with van der Waals surface area (Å²) in [6, 6.07) is 7.68. The molecule has 1 saturated heterocycles. The zero-order valence-electron chi connectivity index (χ0n) is 8.73. The van der Waals surface area contributed by atoms with Crippen LogP contribution in [0, 0.1) is 6.92 Å². The second-order valence-corrected chi connectivity index (χ2v) is 4.76. The van der Waals surface area contributed by atoms with Crippen LogP contribution in [-0.4, -0.2) is 30.0 Å². The number of benzene rings is 1. The van der Waals surface area contributed by atoms with E-state index in [0.717, 1.165) is 22.6 Å². The summed E-state index contributed by atoms with van der Waals surface area (Å²) >= 11 is 1.79. The van der Waals surface area contributed by atoms with Gasteiger partial charge in [0.05, 0.1) is 6.61 Å². The van der Waals surface area contributed by atoms with Crippen molar-refractivity contribution < 1.29 is 9.53 Å². The Bertz CT molecular complexity index is 356. The molecule has 2 rings (SSSR count). The van der Waals surface area contributed by atoms with Gasteiger partial charge in [0.25, 0.3) is 0 Å². The normalized spacial score (nSPS) is 21.3. The molecular formula is C12H14O2S. The highest BCUT2D eigenvalue weighted by atomic mass is 32.2. The first kappa shape index (κ1) is 10.7. The molecule has 0 aliphatic carbocycles. The SMILES string of the molecule is Cc1ccccc1C(=O)C1CSCCO1. The summed E-state index contributed by atoms with van der Waals surface area (Å²) in [4.78, 5) is 12.1. The molecule has 1 atom stereocenters. The average molecular weight is 222 g/mol. The van der Waals surface area contributed by atoms with Gasteiger partial charge in [0, 0.05) is 17.1 Å². The number of hydrogen-bond acceptors (Lipinski definition) is 3. The molecule has 1 aromatic rings. The van der Waals surface area contributed by atoms with Crippen molar-refractivity contribution in [3.05, 3.63) is 35.4 Å². The maximum Gasteiger partial charge on any atom is 0.192 e. The first-order chi connectivity index (χ1) is 7.29. The quantitative estimate of drug-likeness (QED) is 0.718. The van der Waals surface area contributed by atoms with Gasteiger partial charge in [-0.25, -0.2) is 0 Å². The molecule has 3 heteroatoms. The minimum atomic E-state index is -0.246. The zero-order valence-corrected chi connectivity index (χ0v) is 9.55. The third-order valence-corrected chi connectivity index (χ3v) is 3.51. The van der Waals surface area contributed by atoms with Crippen LogP contribution in [0.15, 0.2) is 24.3 Å². The maximum absolute atomic E-state index is 12.1. The Morgan fingerprint density at radius 1 is 1.47 bits per heavy atom. The Morgan fingerprint density at radius 3 is 2.93 bits per heavy atom. The lowest BCUT2D eigenvalue weighted by molar-refractivity contribution is 0.0518. The van der Waals surface area contributed by atoms with Crippen LogP contribution in [0.4, 0.5) is 0 Å². The van der Waals surface area contributed by atoms with E-state index in [1.807, 2.05) is 31.2 Å². The number of thioether (sulfide) groups is 1. The third kappa shape index (κ3) is 2.41. The zero-order chi connectivity index (χ0) is 10.7. The Labute approximate surface area is 94.0 Å². The van der Waals surface area contributed by atoms with Gasteiger partial charge in [-0.05, 0) is 12.5 Å². The van der Waals surface area contributed by atoms with E-state index in [1.165, 1.54) is 0 Å². The first-order valence-electron chi connectivity index (χ1n) is 5.08. The molecule has 0 N–H and O–H groups in total. The van der Waals surface area contributed by atoms with Gasteiger partial charge in [0.15, 0.2) is 5.78 Å². The molecule has 1 aromatic carbocycles. The minimum Gasteiger partial charge on any atom is -0.368 e. The summed E-state index contributed by atoms with van der Waals surface area (Å²) in [5.41, 5.74) is 1.83. The highest BCUT2D eigenvalue weighted by molar-refractivity contribution is 7.99. The standard InChI is InChI=1S/C12H14O2S/c1-9-4-2-3-5-10(9)12(13)11-8-15-7-6-14-11/h2-5,11H,6-8H2,1H3. The predicted octanol–water partition coefficient (Wildman–Crippen LogP) is 2.31. The summed E-state index contributed by atoms with van der Waals surface area (Å²) < 4.78 is 5.48. The van der Waals surface area contributed by atoms with E-state index in [-0.39, 0.29) is 11.9 Å². The van der Waals surface area contributed by atoms with Crippen molar-refractivity contribution in [3.8, 4) is 0 Å². The summed E-state index contributed by atoms with van der Waals surface area (Å²) in [6.45, 7) is 2.65. The highest BCUT2D eigenvalue weighted by Crippen LogP contribution is 2.18. The minimum absolute atomic E-state index is 0.125. The highest BCUT2D eigenvalue weighted by Gasteiger charge is 2.24. The van der Waals surface area contributed by atoms with Crippen LogP contribution >= 0.6 is 11.8 Å². The van der Waals surface area contributed by atoms with Gasteiger partial charge in [-0.3, -0.25) is 4.79 Å². The average Bonchev–Trinajstić information content (AvgIpc) is 2.30. The van der Waals surface area contributed by atoms with E-state index in [4.69, 9.17) is 4.74 Å². The van der Waals surface area contributed by atoms with Gasteiger partial charge < -0.3 is 4.74 Å². The van der Waals surface area contributed by atoms with Gasteiger partial charge in [0.2, 0.25) is 0 Å². The number of ketones is 1. The number of rotatable bonds is 2. The second-order valence-electron chi connectivity index (χ2n) is 3.61. The first-order valence-corrected chi connectivity index (χ1v) is 6.23. The van der Waals surface area contributed by atoms with Crippen molar-refractivity contribution in [3.63, 3.8) is 0 Å². The molecule has 1 unspecified atom stereocenters. The van der Waals surface area contributed by atoms with Crippen LogP contribution in [-0.2, 0) is 4.74 Å². The molecule has 15 heavy (non-hydrogen) atoms. The third-order valence-electron chi connectivity index (χ3n) is 2.52. The van der Waals surface area contributed by atoms with Crippen molar-refractivity contribution in [1.82, 2.24) is 0 Å². The Morgan fingerprint density at radius 2 is 2.27 bits per heavy atom. The second kappa shape index (κ2) is 4.81.